The molecule has 4 aromatic rings. The molecule has 3 heterocycles. The number of amides is 3. The summed E-state index contributed by atoms with van der Waals surface area (Å²) in [6, 6.07) is 11.7. The van der Waals surface area contributed by atoms with E-state index in [0.717, 1.165) is 4.90 Å². The van der Waals surface area contributed by atoms with Gasteiger partial charge in [0.15, 0.2) is 11.5 Å². The van der Waals surface area contributed by atoms with Crippen molar-refractivity contribution in [2.24, 2.45) is 5.73 Å². The molecule has 0 saturated carbocycles. The van der Waals surface area contributed by atoms with Gasteiger partial charge in [0.05, 0.1) is 22.4 Å². The Morgan fingerprint density at radius 1 is 1.14 bits per heavy atom. The molecule has 12 heteroatoms. The maximum absolute atomic E-state index is 15.3. The van der Waals surface area contributed by atoms with Gasteiger partial charge in [-0.05, 0) is 23.6 Å². The van der Waals surface area contributed by atoms with Gasteiger partial charge >= 0.3 is 0 Å². The first-order valence-corrected chi connectivity index (χ1v) is 12.5. The summed E-state index contributed by atoms with van der Waals surface area (Å²) in [6.07, 6.45) is -1.66. The van der Waals surface area contributed by atoms with Gasteiger partial charge < -0.3 is 16.0 Å². The third kappa shape index (κ3) is 4.67. The third-order valence-corrected chi connectivity index (χ3v) is 7.41. The summed E-state index contributed by atoms with van der Waals surface area (Å²) in [5.74, 6) is -2.73. The van der Waals surface area contributed by atoms with E-state index in [2.05, 4.69) is 10.4 Å². The van der Waals surface area contributed by atoms with E-state index >= 15 is 4.39 Å². The van der Waals surface area contributed by atoms with Gasteiger partial charge in [-0.15, -0.1) is 11.3 Å². The van der Waals surface area contributed by atoms with Crippen molar-refractivity contribution >= 4 is 56.6 Å². The summed E-state index contributed by atoms with van der Waals surface area (Å²) < 4.78 is 31.6. The first-order chi connectivity index (χ1) is 17.7. The van der Waals surface area contributed by atoms with Crippen LogP contribution in [0.4, 0.5) is 14.5 Å². The number of benzene rings is 2. The molecule has 37 heavy (non-hydrogen) atoms. The summed E-state index contributed by atoms with van der Waals surface area (Å²) in [4.78, 5) is 39.1. The highest BCUT2D eigenvalue weighted by molar-refractivity contribution is 7.17. The lowest BCUT2D eigenvalue weighted by molar-refractivity contribution is -0.137. The van der Waals surface area contributed by atoms with Crippen molar-refractivity contribution in [3.05, 3.63) is 70.4 Å². The predicted octanol–water partition coefficient (Wildman–Crippen LogP) is 4.23. The Bertz CT molecular complexity index is 1540. The Kier molecular flexibility index (Phi) is 6.65. The van der Waals surface area contributed by atoms with Crippen LogP contribution < -0.4 is 11.1 Å². The van der Waals surface area contributed by atoms with E-state index in [1.54, 1.807) is 41.8 Å². The van der Waals surface area contributed by atoms with Crippen LogP contribution in [0.2, 0.25) is 5.02 Å². The van der Waals surface area contributed by atoms with Crippen molar-refractivity contribution in [2.45, 2.75) is 25.2 Å². The maximum Gasteiger partial charge on any atom is 0.270 e. The van der Waals surface area contributed by atoms with Crippen molar-refractivity contribution in [3.63, 3.8) is 0 Å². The molecular formula is C25H20ClF2N5O3S. The maximum atomic E-state index is 15.3. The van der Waals surface area contributed by atoms with Crippen LogP contribution in [0.1, 0.15) is 16.9 Å². The van der Waals surface area contributed by atoms with Crippen LogP contribution in [0.25, 0.3) is 21.3 Å². The highest BCUT2D eigenvalue weighted by atomic mass is 35.5. The first-order valence-electron chi connectivity index (χ1n) is 11.3. The lowest BCUT2D eigenvalue weighted by Crippen LogP contribution is -2.44. The smallest absolute Gasteiger partial charge is 0.270 e. The average molecular weight is 544 g/mol. The highest BCUT2D eigenvalue weighted by Crippen LogP contribution is 2.33. The van der Waals surface area contributed by atoms with Crippen LogP contribution in [0.3, 0.4) is 0 Å². The number of anilines is 1. The number of fused-ring (bicyclic) bond motifs is 1. The zero-order chi connectivity index (χ0) is 26.3. The Balaban J connectivity index is 1.37. The molecule has 1 saturated heterocycles. The molecule has 190 valence electrons. The molecule has 0 spiro atoms. The van der Waals surface area contributed by atoms with E-state index < -0.39 is 35.8 Å². The second-order valence-corrected chi connectivity index (χ2v) is 9.86. The van der Waals surface area contributed by atoms with Crippen LogP contribution in [0, 0.1) is 5.82 Å². The number of hydrogen-bond donors (Lipinski definition) is 2. The fourth-order valence-corrected chi connectivity index (χ4v) is 5.56. The van der Waals surface area contributed by atoms with Gasteiger partial charge in [0, 0.05) is 22.6 Å². The molecule has 8 nitrogen and oxygen atoms in total. The number of nitrogens with two attached hydrogens (primary N) is 1. The minimum atomic E-state index is -1.43. The van der Waals surface area contributed by atoms with Crippen LogP contribution >= 0.6 is 22.9 Å². The number of carbonyl (C=O) groups is 3. The van der Waals surface area contributed by atoms with Crippen LogP contribution in [-0.4, -0.2) is 51.2 Å². The second-order valence-electron chi connectivity index (χ2n) is 8.54. The van der Waals surface area contributed by atoms with Gasteiger partial charge in [-0.25, -0.2) is 8.78 Å². The van der Waals surface area contributed by atoms with E-state index in [1.807, 2.05) is 0 Å². The van der Waals surface area contributed by atoms with E-state index in [1.165, 1.54) is 28.2 Å². The number of hydrogen-bond acceptors (Lipinski definition) is 5. The lowest BCUT2D eigenvalue weighted by Gasteiger charge is -2.24. The lowest BCUT2D eigenvalue weighted by atomic mass is 10.0. The number of primary amides is 1. The van der Waals surface area contributed by atoms with E-state index in [-0.39, 0.29) is 36.5 Å². The molecule has 2 aromatic carbocycles. The summed E-state index contributed by atoms with van der Waals surface area (Å²) >= 11 is 7.46. The monoisotopic (exact) mass is 543 g/mol. The third-order valence-electron chi connectivity index (χ3n) is 6.17. The molecule has 0 unspecified atom stereocenters. The van der Waals surface area contributed by atoms with Crippen molar-refractivity contribution in [1.82, 2.24) is 14.7 Å². The van der Waals surface area contributed by atoms with E-state index in [9.17, 15) is 18.8 Å². The van der Waals surface area contributed by atoms with Crippen LogP contribution in [-0.2, 0) is 16.1 Å². The van der Waals surface area contributed by atoms with E-state index in [0.29, 0.717) is 20.8 Å². The van der Waals surface area contributed by atoms with Crippen molar-refractivity contribution < 1.29 is 23.2 Å². The van der Waals surface area contributed by atoms with Crippen LogP contribution in [0.5, 0.6) is 0 Å². The first kappa shape index (κ1) is 24.8. The van der Waals surface area contributed by atoms with Crippen LogP contribution in [0.15, 0.2) is 53.9 Å². The number of aromatic nitrogens is 2. The van der Waals surface area contributed by atoms with Gasteiger partial charge in [-0.1, -0.05) is 41.9 Å². The number of nitrogens with one attached hydrogen (secondary N) is 1. The summed E-state index contributed by atoms with van der Waals surface area (Å²) in [6.45, 7) is -0.622. The quantitative estimate of drug-likeness (QED) is 0.379. The molecule has 1 aliphatic rings. The van der Waals surface area contributed by atoms with Gasteiger partial charge in [-0.3, -0.25) is 19.1 Å². The Labute approximate surface area is 218 Å². The Hall–Kier alpha value is -3.83. The zero-order valence-corrected chi connectivity index (χ0v) is 20.7. The largest absolute Gasteiger partial charge is 0.364 e. The fraction of sp³-hybridized carbons (Fsp3) is 0.200. The standard InChI is InChI=1S/C25H20ClF2N5O3S/c26-16-6-2-1-4-14(16)15-5-3-7-17(21(15)28)30-25(36)19-10-13(27)11-32(19)20(34)12-33-18-8-9-37-23(18)22(31-33)24(29)35/h1-9,13,19H,10-12H2,(H2,29,35)(H,30,36)/t13-,19+/m1/s1. The number of thiophene rings is 1. The Morgan fingerprint density at radius 3 is 2.65 bits per heavy atom. The number of rotatable bonds is 6. The second kappa shape index (κ2) is 9.91. The summed E-state index contributed by atoms with van der Waals surface area (Å²) in [5.41, 5.74) is 6.47. The molecule has 2 aromatic heterocycles. The van der Waals surface area contributed by atoms with Gasteiger partial charge in [0.2, 0.25) is 11.8 Å². The van der Waals surface area contributed by atoms with Crippen molar-refractivity contribution in [1.29, 1.82) is 0 Å². The minimum Gasteiger partial charge on any atom is -0.364 e. The minimum absolute atomic E-state index is 0.0331. The van der Waals surface area contributed by atoms with Gasteiger partial charge in [0.1, 0.15) is 18.8 Å². The van der Waals surface area contributed by atoms with Crippen molar-refractivity contribution in [3.8, 4) is 11.1 Å². The normalized spacial score (nSPS) is 17.3. The Morgan fingerprint density at radius 2 is 1.89 bits per heavy atom. The number of likely N-dealkylation sites (tertiary alicyclic amines) is 1. The summed E-state index contributed by atoms with van der Waals surface area (Å²) in [7, 11) is 0. The SMILES string of the molecule is NC(=O)c1nn(CC(=O)N2C[C@H](F)C[C@H]2C(=O)Nc2cccc(-c3ccccc3Cl)c2F)c2ccsc12. The number of nitrogens with zero attached hydrogens (tertiary/aromatic N) is 3. The highest BCUT2D eigenvalue weighted by Gasteiger charge is 2.40. The van der Waals surface area contributed by atoms with E-state index in [4.69, 9.17) is 17.3 Å². The topological polar surface area (TPSA) is 110 Å². The zero-order valence-electron chi connectivity index (χ0n) is 19.2. The van der Waals surface area contributed by atoms with Gasteiger partial charge in [0.25, 0.3) is 5.91 Å². The molecule has 1 aliphatic heterocycles. The van der Waals surface area contributed by atoms with Crippen molar-refractivity contribution in [2.75, 3.05) is 11.9 Å². The molecular weight excluding hydrogens is 524 g/mol. The molecule has 0 aliphatic carbocycles. The average Bonchev–Trinajstić information content (AvgIpc) is 3.57. The molecule has 0 radical (unpaired) electrons. The number of alkyl halides is 1. The fourth-order valence-electron chi connectivity index (χ4n) is 4.44. The molecule has 0 bridgehead atoms. The molecule has 1 fully saturated rings. The number of halogens is 3. The summed E-state index contributed by atoms with van der Waals surface area (Å²) in [5, 5.41) is 8.69. The van der Waals surface area contributed by atoms with Gasteiger partial charge in [-0.2, -0.15) is 5.10 Å². The molecule has 3 amide bonds. The number of carbonyl (C=O) groups excluding carboxylic acids is 3. The molecule has 2 atom stereocenters. The predicted molar refractivity (Wildman–Crippen MR) is 137 cm³/mol. The molecule has 5 rings (SSSR count). The molecule has 3 N–H and O–H groups in total.